The number of ether oxygens (including phenoxy) is 2. The standard InChI is InChI=1S/C18H26F2N2O3.C15H20FNO4.C4H7FIN/c1-4-25-18(24)16(7-12(2)3)22-9-13(8-15(20)17(22)23)5-6-21-10-14(19)11-21;1-4-21-15(20)13(7-10(2)3)17-9-11(5-6-18)8-12(16)14(17)19;5-3-1-4(2-3)6-7/h8-9,12,14,16H,4-7,10-11H2,1-3H3;6,8-10,13H,4-5,7H2,1-3H3;3-4,7H,1-2H2. The van der Waals surface area contributed by atoms with Gasteiger partial charge >= 0.3 is 11.9 Å². The van der Waals surface area contributed by atoms with E-state index in [1.165, 1.54) is 18.5 Å². The van der Waals surface area contributed by atoms with Crippen LogP contribution in [0.2, 0.25) is 0 Å². The molecule has 0 radical (unpaired) electrons. The zero-order chi connectivity index (χ0) is 39.8. The van der Waals surface area contributed by atoms with Crippen molar-refractivity contribution in [1.82, 2.24) is 14.0 Å². The number of rotatable bonds is 16. The molecule has 0 spiro atoms. The van der Waals surface area contributed by atoms with E-state index in [4.69, 9.17) is 13.0 Å². The molecule has 1 aliphatic heterocycles. The van der Waals surface area contributed by atoms with Crippen molar-refractivity contribution in [1.29, 1.82) is 3.56 Å². The Kier molecular flexibility index (Phi) is 19.8. The summed E-state index contributed by atoms with van der Waals surface area (Å²) in [7, 11) is 0. The number of nitrogens with zero attached hydrogens (tertiary/aromatic N) is 3. The molecule has 4 rings (SSSR count). The average molecular weight is 869 g/mol. The topological polar surface area (TPSA) is 141 Å². The van der Waals surface area contributed by atoms with Crippen LogP contribution in [0.1, 0.15) is 90.4 Å². The molecule has 1 saturated carbocycles. The number of aromatic nitrogens is 2. The molecule has 3 heterocycles. The van der Waals surface area contributed by atoms with E-state index in [1.807, 2.05) is 32.6 Å². The predicted molar refractivity (Wildman–Crippen MR) is 201 cm³/mol. The highest BCUT2D eigenvalue weighted by atomic mass is 127. The molecule has 1 saturated heterocycles. The minimum absolute atomic E-state index is 0.0194. The highest BCUT2D eigenvalue weighted by Crippen LogP contribution is 2.33. The van der Waals surface area contributed by atoms with Crippen molar-refractivity contribution < 1.29 is 41.4 Å². The molecule has 11 nitrogen and oxygen atoms in total. The maximum Gasteiger partial charge on any atom is 0.329 e. The first-order valence-electron chi connectivity index (χ1n) is 17.9. The number of hydrogen-bond donors (Lipinski definition) is 1. The third kappa shape index (κ3) is 14.8. The van der Waals surface area contributed by atoms with Gasteiger partial charge in [-0.15, -0.1) is 0 Å². The van der Waals surface area contributed by atoms with Crippen LogP contribution in [-0.4, -0.2) is 81.4 Å². The second-order valence-corrected chi connectivity index (χ2v) is 16.2. The fourth-order valence-corrected chi connectivity index (χ4v) is 7.23. The van der Waals surface area contributed by atoms with E-state index >= 15 is 0 Å². The van der Waals surface area contributed by atoms with Gasteiger partial charge in [0.25, 0.3) is 11.1 Å². The van der Waals surface area contributed by atoms with Gasteiger partial charge in [-0.2, -0.15) is 0 Å². The number of likely N-dealkylation sites (tertiary alicyclic amines) is 1. The van der Waals surface area contributed by atoms with E-state index in [9.17, 15) is 41.5 Å². The lowest BCUT2D eigenvalue weighted by Crippen LogP contribution is -2.49. The first-order chi connectivity index (χ1) is 25.0. The van der Waals surface area contributed by atoms with Crippen LogP contribution in [0.3, 0.4) is 0 Å². The van der Waals surface area contributed by atoms with Gasteiger partial charge < -0.3 is 14.3 Å². The predicted octanol–water partition coefficient (Wildman–Crippen LogP) is 6.43. The van der Waals surface area contributed by atoms with Gasteiger partial charge in [0.2, 0.25) is 0 Å². The summed E-state index contributed by atoms with van der Waals surface area (Å²) in [5.41, 5.74) is -0.754. The maximum atomic E-state index is 14.1. The number of carbonyl (C=O) groups excluding carboxylic acids is 3. The molecule has 2 aromatic heterocycles. The zero-order valence-corrected chi connectivity index (χ0v) is 33.5. The van der Waals surface area contributed by atoms with Gasteiger partial charge in [0.15, 0.2) is 11.6 Å². The number of halogens is 5. The van der Waals surface area contributed by atoms with Crippen LogP contribution in [0, 0.1) is 27.0 Å². The van der Waals surface area contributed by atoms with Crippen LogP contribution in [0.4, 0.5) is 17.6 Å². The first kappa shape index (κ1) is 45.9. The second kappa shape index (κ2) is 22.8. The number of esters is 2. The molecule has 2 aliphatic rings. The summed E-state index contributed by atoms with van der Waals surface area (Å²) in [4.78, 5) is 61.0. The van der Waals surface area contributed by atoms with Gasteiger partial charge in [0.1, 0.15) is 30.7 Å². The minimum atomic E-state index is -0.979. The molecule has 16 heteroatoms. The Morgan fingerprint density at radius 3 is 1.66 bits per heavy atom. The van der Waals surface area contributed by atoms with Gasteiger partial charge in [0.05, 0.1) is 13.2 Å². The Morgan fingerprint density at radius 1 is 0.849 bits per heavy atom. The van der Waals surface area contributed by atoms with Gasteiger partial charge in [-0.25, -0.2) is 27.2 Å². The molecule has 53 heavy (non-hydrogen) atoms. The van der Waals surface area contributed by atoms with Crippen molar-refractivity contribution in [2.75, 3.05) is 32.8 Å². The molecule has 2 aromatic rings. The molecule has 1 aliphatic carbocycles. The summed E-state index contributed by atoms with van der Waals surface area (Å²) >= 11 is -0.386. The fraction of sp³-hybridized carbons (Fsp3) is 0.649. The van der Waals surface area contributed by atoms with Crippen molar-refractivity contribution in [3.05, 3.63) is 68.0 Å². The van der Waals surface area contributed by atoms with Crippen molar-refractivity contribution in [3.8, 4) is 0 Å². The SMILES string of the molecule is CCOC(=O)C(CC(C)C)n1cc(CC=O)cc(F)c1=O.CCOC(=O)C(CC(C)C)n1cc(CCN2CC(F)C2)cc(F)c1=O.N=IC1CC(F)C1. The summed E-state index contributed by atoms with van der Waals surface area (Å²) < 4.78 is 72.2. The van der Waals surface area contributed by atoms with E-state index in [0.29, 0.717) is 73.1 Å². The van der Waals surface area contributed by atoms with Crippen molar-refractivity contribution in [2.24, 2.45) is 11.8 Å². The van der Waals surface area contributed by atoms with Gasteiger partial charge in [-0.05, 0) is 102 Å². The monoisotopic (exact) mass is 868 g/mol. The fourth-order valence-electron chi connectivity index (χ4n) is 5.62. The summed E-state index contributed by atoms with van der Waals surface area (Å²) in [6.07, 6.45) is 4.75. The largest absolute Gasteiger partial charge is 0.464 e. The summed E-state index contributed by atoms with van der Waals surface area (Å²) in [5, 5.41) is 0. The molecule has 0 amide bonds. The Hall–Kier alpha value is -3.28. The molecule has 298 valence electrons. The van der Waals surface area contributed by atoms with Crippen LogP contribution >= 0.6 is 21.0 Å². The average Bonchev–Trinajstić information content (AvgIpc) is 3.06. The van der Waals surface area contributed by atoms with Crippen molar-refractivity contribution in [2.45, 2.75) is 108 Å². The lowest BCUT2D eigenvalue weighted by molar-refractivity contribution is -0.148. The summed E-state index contributed by atoms with van der Waals surface area (Å²) in [6.45, 7) is 12.7. The van der Waals surface area contributed by atoms with Gasteiger partial charge in [-0.1, -0.05) is 27.7 Å². The molecule has 0 aromatic carbocycles. The normalized spacial score (nSPS) is 18.0. The molecule has 2 atom stereocenters. The lowest BCUT2D eigenvalue weighted by Gasteiger charge is -2.34. The van der Waals surface area contributed by atoms with E-state index < -0.39 is 59.1 Å². The minimum Gasteiger partial charge on any atom is -0.464 e. The molecule has 2 fully saturated rings. The number of hydrogen-bond acceptors (Lipinski definition) is 9. The first-order valence-corrected chi connectivity index (χ1v) is 20.2. The van der Waals surface area contributed by atoms with E-state index in [1.54, 1.807) is 13.8 Å². The number of carbonyl (C=O) groups is 3. The second-order valence-electron chi connectivity index (χ2n) is 13.9. The van der Waals surface area contributed by atoms with Crippen molar-refractivity contribution >= 4 is 39.3 Å². The molecule has 1 N–H and O–H groups in total. The summed E-state index contributed by atoms with van der Waals surface area (Å²) in [5.74, 6) is -2.72. The number of alkyl halides is 3. The Bertz CT molecular complexity index is 1630. The van der Waals surface area contributed by atoms with Gasteiger partial charge in [0, 0.05) is 42.4 Å². The number of aldehydes is 1. The van der Waals surface area contributed by atoms with Gasteiger partial charge in [-0.3, -0.25) is 27.2 Å². The zero-order valence-electron chi connectivity index (χ0n) is 31.3. The van der Waals surface area contributed by atoms with Crippen molar-refractivity contribution in [3.63, 3.8) is 0 Å². The molecule has 0 bridgehead atoms. The number of nitrogens with one attached hydrogen (secondary N) is 1. The molecular weight excluding hydrogens is 815 g/mol. The van der Waals surface area contributed by atoms with Crippen LogP contribution in [0.15, 0.2) is 34.1 Å². The number of pyridine rings is 2. The van der Waals surface area contributed by atoms with Crippen LogP contribution in [0.5, 0.6) is 0 Å². The van der Waals surface area contributed by atoms with Crippen LogP contribution < -0.4 is 11.1 Å². The maximum absolute atomic E-state index is 14.1. The smallest absolute Gasteiger partial charge is 0.329 e. The highest BCUT2D eigenvalue weighted by Gasteiger charge is 2.29. The molecule has 2 unspecified atom stereocenters. The van der Waals surface area contributed by atoms with Crippen LogP contribution in [0.25, 0.3) is 0 Å². The Balaban J connectivity index is 0.000000313. The summed E-state index contributed by atoms with van der Waals surface area (Å²) in [6, 6.07) is 0.480. The van der Waals surface area contributed by atoms with E-state index in [2.05, 4.69) is 0 Å². The Morgan fingerprint density at radius 2 is 1.30 bits per heavy atom. The third-order valence-corrected chi connectivity index (χ3v) is 10.3. The van der Waals surface area contributed by atoms with E-state index in [-0.39, 0.29) is 52.5 Å². The third-order valence-electron chi connectivity index (χ3n) is 8.42. The lowest BCUT2D eigenvalue weighted by atomic mass is 9.98. The van der Waals surface area contributed by atoms with Crippen LogP contribution in [-0.2, 0) is 36.7 Å². The van der Waals surface area contributed by atoms with E-state index in [0.717, 1.165) is 15.2 Å². The quantitative estimate of drug-likeness (QED) is 0.0670. The Labute approximate surface area is 318 Å². The highest BCUT2D eigenvalue weighted by molar-refractivity contribution is 14.1. The molecular formula is C37H53F4IN4O7.